The quantitative estimate of drug-likeness (QED) is 0.625. The van der Waals surface area contributed by atoms with Crippen molar-refractivity contribution in [3.63, 3.8) is 0 Å². The third-order valence-electron chi connectivity index (χ3n) is 3.88. The fraction of sp³-hybridized carbons (Fsp3) is 0.200. The zero-order valence-corrected chi connectivity index (χ0v) is 15.2. The molecule has 0 bridgehead atoms. The number of rotatable bonds is 7. The molecule has 6 heteroatoms. The van der Waals surface area contributed by atoms with E-state index in [-0.39, 0.29) is 11.7 Å². The fourth-order valence-electron chi connectivity index (χ4n) is 2.52. The maximum absolute atomic E-state index is 13.1. The Balaban J connectivity index is 1.79. The van der Waals surface area contributed by atoms with Gasteiger partial charge in [-0.15, -0.1) is 11.3 Å². The number of hydrogen-bond acceptors (Lipinski definition) is 4. The van der Waals surface area contributed by atoms with Gasteiger partial charge < -0.3 is 9.64 Å². The number of amides is 1. The number of hydrogen-bond donors (Lipinski definition) is 0. The largest absolute Gasteiger partial charge is 0.383 e. The first-order valence-corrected chi connectivity index (χ1v) is 9.09. The minimum atomic E-state index is -0.296. The van der Waals surface area contributed by atoms with E-state index in [9.17, 15) is 9.18 Å². The monoisotopic (exact) mass is 370 g/mol. The second-order valence-electron chi connectivity index (χ2n) is 5.75. The molecule has 1 amide bonds. The highest BCUT2D eigenvalue weighted by molar-refractivity contribution is 7.13. The van der Waals surface area contributed by atoms with Gasteiger partial charge in [-0.3, -0.25) is 4.79 Å². The lowest BCUT2D eigenvalue weighted by Gasteiger charge is -2.21. The molecule has 26 heavy (non-hydrogen) atoms. The molecule has 0 spiro atoms. The minimum Gasteiger partial charge on any atom is -0.383 e. The molecule has 134 valence electrons. The Kier molecular flexibility index (Phi) is 6.09. The third-order valence-corrected chi connectivity index (χ3v) is 4.77. The van der Waals surface area contributed by atoms with Crippen LogP contribution < -0.4 is 0 Å². The van der Waals surface area contributed by atoms with Crippen LogP contribution in [0.3, 0.4) is 0 Å². The molecule has 0 saturated carbocycles. The third kappa shape index (κ3) is 4.53. The molecule has 3 rings (SSSR count). The van der Waals surface area contributed by atoms with Crippen molar-refractivity contribution in [1.29, 1.82) is 0 Å². The summed E-state index contributed by atoms with van der Waals surface area (Å²) in [6.07, 6.45) is 0. The van der Waals surface area contributed by atoms with Crippen LogP contribution in [0.2, 0.25) is 0 Å². The zero-order valence-electron chi connectivity index (χ0n) is 14.4. The maximum atomic E-state index is 13.1. The van der Waals surface area contributed by atoms with E-state index in [1.807, 2.05) is 30.3 Å². The molecule has 1 heterocycles. The second kappa shape index (κ2) is 8.69. The number of nitrogens with zero attached hydrogens (tertiary/aromatic N) is 2. The van der Waals surface area contributed by atoms with E-state index in [0.29, 0.717) is 30.4 Å². The first-order valence-electron chi connectivity index (χ1n) is 8.21. The van der Waals surface area contributed by atoms with Gasteiger partial charge in [-0.1, -0.05) is 30.3 Å². The van der Waals surface area contributed by atoms with Gasteiger partial charge in [0.15, 0.2) is 0 Å². The summed E-state index contributed by atoms with van der Waals surface area (Å²) in [5.41, 5.74) is 2.23. The van der Waals surface area contributed by atoms with E-state index >= 15 is 0 Å². The highest BCUT2D eigenvalue weighted by Crippen LogP contribution is 2.24. The molecule has 1 aromatic heterocycles. The van der Waals surface area contributed by atoms with Crippen molar-refractivity contribution < 1.29 is 13.9 Å². The van der Waals surface area contributed by atoms with Crippen LogP contribution >= 0.6 is 11.3 Å². The molecule has 4 nitrogen and oxygen atoms in total. The smallest absolute Gasteiger partial charge is 0.273 e. The van der Waals surface area contributed by atoms with E-state index in [1.54, 1.807) is 29.5 Å². The second-order valence-corrected chi connectivity index (χ2v) is 6.61. The Bertz CT molecular complexity index is 850. The molecule has 0 unspecified atom stereocenters. The Morgan fingerprint density at radius 2 is 1.88 bits per heavy atom. The van der Waals surface area contributed by atoms with Crippen LogP contribution in [0.4, 0.5) is 4.39 Å². The van der Waals surface area contributed by atoms with E-state index in [2.05, 4.69) is 4.98 Å². The van der Waals surface area contributed by atoms with E-state index < -0.39 is 0 Å². The summed E-state index contributed by atoms with van der Waals surface area (Å²) in [6.45, 7) is 1.42. The van der Waals surface area contributed by atoms with Crippen molar-refractivity contribution in [2.24, 2.45) is 0 Å². The highest BCUT2D eigenvalue weighted by Gasteiger charge is 2.19. The topological polar surface area (TPSA) is 42.4 Å². The average Bonchev–Trinajstić information content (AvgIpc) is 3.16. The summed E-state index contributed by atoms with van der Waals surface area (Å²) >= 11 is 1.37. The maximum Gasteiger partial charge on any atom is 0.273 e. The van der Waals surface area contributed by atoms with Gasteiger partial charge in [-0.25, -0.2) is 9.37 Å². The molecule has 2 aromatic carbocycles. The van der Waals surface area contributed by atoms with Crippen molar-refractivity contribution >= 4 is 17.2 Å². The van der Waals surface area contributed by atoms with Gasteiger partial charge in [-0.2, -0.15) is 0 Å². The van der Waals surface area contributed by atoms with E-state index in [0.717, 1.165) is 11.1 Å². The van der Waals surface area contributed by atoms with Crippen molar-refractivity contribution in [2.75, 3.05) is 20.3 Å². The molecule has 0 atom stereocenters. The van der Waals surface area contributed by atoms with Crippen LogP contribution in [0.1, 0.15) is 16.1 Å². The van der Waals surface area contributed by atoms with Crippen LogP contribution in [0.15, 0.2) is 60.0 Å². The molecule has 0 aliphatic carbocycles. The summed E-state index contributed by atoms with van der Waals surface area (Å²) in [5.74, 6) is -0.439. The normalized spacial score (nSPS) is 10.7. The summed E-state index contributed by atoms with van der Waals surface area (Å²) < 4.78 is 18.2. The average molecular weight is 370 g/mol. The van der Waals surface area contributed by atoms with Gasteiger partial charge in [0.25, 0.3) is 5.91 Å². The predicted octanol–water partition coefficient (Wildman–Crippen LogP) is 4.24. The van der Waals surface area contributed by atoms with Crippen molar-refractivity contribution in [1.82, 2.24) is 9.88 Å². The fourth-order valence-corrected chi connectivity index (χ4v) is 3.32. The number of halogens is 1. The molecule has 0 N–H and O–H groups in total. The van der Waals surface area contributed by atoms with Gasteiger partial charge in [0.2, 0.25) is 0 Å². The predicted molar refractivity (Wildman–Crippen MR) is 101 cm³/mol. The number of methoxy groups -OCH3 is 1. The summed E-state index contributed by atoms with van der Waals surface area (Å²) in [4.78, 5) is 19.1. The number of carbonyl (C=O) groups is 1. The minimum absolute atomic E-state index is 0.143. The molecule has 0 fully saturated rings. The van der Waals surface area contributed by atoms with Crippen LogP contribution in [-0.2, 0) is 11.3 Å². The van der Waals surface area contributed by atoms with Gasteiger partial charge in [0, 0.05) is 31.1 Å². The lowest BCUT2D eigenvalue weighted by atomic mass is 10.2. The number of benzene rings is 2. The Morgan fingerprint density at radius 3 is 2.58 bits per heavy atom. The number of ether oxygens (including phenoxy) is 1. The van der Waals surface area contributed by atoms with Crippen LogP contribution in [0.5, 0.6) is 0 Å². The van der Waals surface area contributed by atoms with E-state index in [1.165, 1.54) is 23.5 Å². The molecule has 3 aromatic rings. The molecule has 0 aliphatic rings. The van der Waals surface area contributed by atoms with Gasteiger partial charge in [0.1, 0.15) is 16.5 Å². The number of carbonyl (C=O) groups excluding carboxylic acids is 1. The molecule has 0 radical (unpaired) electrons. The molecule has 0 saturated heterocycles. The summed E-state index contributed by atoms with van der Waals surface area (Å²) in [5, 5.41) is 2.44. The van der Waals surface area contributed by atoms with Gasteiger partial charge in [-0.05, 0) is 29.8 Å². The van der Waals surface area contributed by atoms with Crippen molar-refractivity contribution in [3.8, 4) is 10.6 Å². The summed E-state index contributed by atoms with van der Waals surface area (Å²) in [7, 11) is 1.61. The lowest BCUT2D eigenvalue weighted by Crippen LogP contribution is -2.33. The zero-order chi connectivity index (χ0) is 18.4. The molecular formula is C20H19FN2O2S. The van der Waals surface area contributed by atoms with Crippen LogP contribution in [0, 0.1) is 5.82 Å². The standard InChI is InChI=1S/C20H19FN2O2S/c1-25-12-11-23(13-15-5-3-2-4-6-15)20(24)18-14-26-19(22-18)16-7-9-17(21)10-8-16/h2-10,14H,11-13H2,1H3. The Morgan fingerprint density at radius 1 is 1.15 bits per heavy atom. The Hall–Kier alpha value is -2.57. The molecule has 0 aliphatic heterocycles. The SMILES string of the molecule is COCCN(Cc1ccccc1)C(=O)c1csc(-c2ccc(F)cc2)n1. The first-order chi connectivity index (χ1) is 12.7. The van der Waals surface area contributed by atoms with E-state index in [4.69, 9.17) is 4.74 Å². The van der Waals surface area contributed by atoms with Gasteiger partial charge >= 0.3 is 0 Å². The number of aromatic nitrogens is 1. The Labute approximate surface area is 155 Å². The van der Waals surface area contributed by atoms with Crippen LogP contribution in [0.25, 0.3) is 10.6 Å². The van der Waals surface area contributed by atoms with Crippen molar-refractivity contribution in [3.05, 3.63) is 77.1 Å². The summed E-state index contributed by atoms with van der Waals surface area (Å²) in [6, 6.07) is 15.9. The lowest BCUT2D eigenvalue weighted by molar-refractivity contribution is 0.0675. The van der Waals surface area contributed by atoms with Gasteiger partial charge in [0.05, 0.1) is 6.61 Å². The van der Waals surface area contributed by atoms with Crippen LogP contribution in [-0.4, -0.2) is 36.1 Å². The first kappa shape index (κ1) is 18.2. The van der Waals surface area contributed by atoms with Crippen molar-refractivity contribution in [2.45, 2.75) is 6.54 Å². The number of thiazole rings is 1. The molecular weight excluding hydrogens is 351 g/mol. The highest BCUT2D eigenvalue weighted by atomic mass is 32.1.